The molecule has 0 aliphatic carbocycles. The number of aromatic hydroxyl groups is 1. The number of rotatable bonds is 4. The van der Waals surface area contributed by atoms with E-state index >= 15 is 0 Å². The number of halogens is 2. The molecule has 2 aromatic carbocycles. The second kappa shape index (κ2) is 7.24. The van der Waals surface area contributed by atoms with E-state index in [2.05, 4.69) is 10.6 Å². The topological polar surface area (TPSA) is 70.6 Å². The molecular weight excluding hydrogens is 327 g/mol. The predicted octanol–water partition coefficient (Wildman–Crippen LogP) is 4.03. The summed E-state index contributed by atoms with van der Waals surface area (Å²) in [5.74, 6) is 0.345. The van der Waals surface area contributed by atoms with Gasteiger partial charge in [0.15, 0.2) is 11.5 Å². The molecule has 0 saturated heterocycles. The number of para-hydroxylation sites is 1. The van der Waals surface area contributed by atoms with Gasteiger partial charge in [0.1, 0.15) is 0 Å². The molecule has 2 amide bonds. The first kappa shape index (κ1) is 16.3. The fourth-order valence-corrected chi connectivity index (χ4v) is 2.38. The van der Waals surface area contributed by atoms with Gasteiger partial charge in [-0.1, -0.05) is 35.3 Å². The Morgan fingerprint density at radius 3 is 2.55 bits per heavy atom. The van der Waals surface area contributed by atoms with Crippen LogP contribution >= 0.6 is 23.2 Å². The highest BCUT2D eigenvalue weighted by molar-refractivity contribution is 6.35. The molecule has 0 saturated carbocycles. The Labute approximate surface area is 137 Å². The van der Waals surface area contributed by atoms with Crippen LogP contribution in [0.2, 0.25) is 10.0 Å². The summed E-state index contributed by atoms with van der Waals surface area (Å²) in [4.78, 5) is 11.9. The molecule has 0 unspecified atom stereocenters. The third kappa shape index (κ3) is 4.19. The van der Waals surface area contributed by atoms with Gasteiger partial charge in [-0.15, -0.1) is 0 Å². The van der Waals surface area contributed by atoms with Gasteiger partial charge in [-0.2, -0.15) is 0 Å². The summed E-state index contributed by atoms with van der Waals surface area (Å²) in [5, 5.41) is 16.0. The summed E-state index contributed by atoms with van der Waals surface area (Å²) in [6.45, 7) is 0.142. The van der Waals surface area contributed by atoms with Gasteiger partial charge in [0, 0.05) is 27.8 Å². The van der Waals surface area contributed by atoms with E-state index in [1.807, 2.05) is 0 Å². The third-order valence-electron chi connectivity index (χ3n) is 2.86. The highest BCUT2D eigenvalue weighted by Crippen LogP contribution is 2.29. The van der Waals surface area contributed by atoms with Gasteiger partial charge in [0.05, 0.1) is 7.11 Å². The first-order chi connectivity index (χ1) is 10.5. The number of carbonyl (C=O) groups excluding carboxylic acids is 1. The molecule has 0 aliphatic heterocycles. The molecule has 0 aliphatic rings. The standard InChI is InChI=1S/C15H14Cl2N2O3/c1-22-13-4-2-3-9(14(13)20)8-18-15(21)19-12-6-10(16)5-11(17)7-12/h2-7,20H,8H2,1H3,(H2,18,19,21). The van der Waals surface area contributed by atoms with Crippen LogP contribution in [0.25, 0.3) is 0 Å². The maximum atomic E-state index is 11.9. The molecule has 2 rings (SSSR count). The highest BCUT2D eigenvalue weighted by atomic mass is 35.5. The van der Waals surface area contributed by atoms with E-state index in [-0.39, 0.29) is 12.3 Å². The molecular formula is C15H14Cl2N2O3. The van der Waals surface area contributed by atoms with Gasteiger partial charge >= 0.3 is 6.03 Å². The molecule has 0 aromatic heterocycles. The zero-order valence-electron chi connectivity index (χ0n) is 11.7. The summed E-state index contributed by atoms with van der Waals surface area (Å²) >= 11 is 11.7. The van der Waals surface area contributed by atoms with Crippen LogP contribution in [-0.4, -0.2) is 18.2 Å². The first-order valence-corrected chi connectivity index (χ1v) is 7.11. The van der Waals surface area contributed by atoms with Crippen LogP contribution in [0.15, 0.2) is 36.4 Å². The fourth-order valence-electron chi connectivity index (χ4n) is 1.85. The largest absolute Gasteiger partial charge is 0.504 e. The Hall–Kier alpha value is -2.11. The zero-order valence-corrected chi connectivity index (χ0v) is 13.2. The van der Waals surface area contributed by atoms with Crippen molar-refractivity contribution in [1.29, 1.82) is 0 Å². The summed E-state index contributed by atoms with van der Waals surface area (Å²) in [6.07, 6.45) is 0. The quantitative estimate of drug-likeness (QED) is 0.786. The lowest BCUT2D eigenvalue weighted by Crippen LogP contribution is -2.28. The normalized spacial score (nSPS) is 10.1. The van der Waals surface area contributed by atoms with Crippen molar-refractivity contribution in [3.05, 3.63) is 52.0 Å². The molecule has 7 heteroatoms. The van der Waals surface area contributed by atoms with Crippen LogP contribution in [0.4, 0.5) is 10.5 Å². The summed E-state index contributed by atoms with van der Waals surface area (Å²) < 4.78 is 5.01. The van der Waals surface area contributed by atoms with Gasteiger partial charge in [-0.25, -0.2) is 4.79 Å². The van der Waals surface area contributed by atoms with E-state index in [1.54, 1.807) is 36.4 Å². The summed E-state index contributed by atoms with van der Waals surface area (Å²) in [5.41, 5.74) is 1.02. The number of anilines is 1. The molecule has 22 heavy (non-hydrogen) atoms. The average molecular weight is 341 g/mol. The Bertz CT molecular complexity index is 672. The van der Waals surface area contributed by atoms with Gasteiger partial charge in [0.25, 0.3) is 0 Å². The SMILES string of the molecule is COc1cccc(CNC(=O)Nc2cc(Cl)cc(Cl)c2)c1O. The highest BCUT2D eigenvalue weighted by Gasteiger charge is 2.09. The van der Waals surface area contributed by atoms with Crippen molar-refractivity contribution in [2.75, 3.05) is 12.4 Å². The molecule has 0 radical (unpaired) electrons. The van der Waals surface area contributed by atoms with E-state index in [1.165, 1.54) is 7.11 Å². The fraction of sp³-hybridized carbons (Fsp3) is 0.133. The van der Waals surface area contributed by atoms with Crippen molar-refractivity contribution in [3.8, 4) is 11.5 Å². The number of hydrogen-bond donors (Lipinski definition) is 3. The number of amides is 2. The maximum Gasteiger partial charge on any atom is 0.319 e. The van der Waals surface area contributed by atoms with Crippen molar-refractivity contribution in [2.24, 2.45) is 0 Å². The molecule has 116 valence electrons. The number of phenolic OH excluding ortho intramolecular Hbond substituents is 1. The minimum atomic E-state index is -0.444. The van der Waals surface area contributed by atoms with Crippen LogP contribution < -0.4 is 15.4 Å². The molecule has 5 nitrogen and oxygen atoms in total. The van der Waals surface area contributed by atoms with Crippen molar-refractivity contribution >= 4 is 34.9 Å². The zero-order chi connectivity index (χ0) is 16.1. The van der Waals surface area contributed by atoms with Crippen molar-refractivity contribution in [1.82, 2.24) is 5.32 Å². The van der Waals surface area contributed by atoms with Crippen LogP contribution in [0.5, 0.6) is 11.5 Å². The molecule has 0 fully saturated rings. The predicted molar refractivity (Wildman–Crippen MR) is 87.0 cm³/mol. The van der Waals surface area contributed by atoms with E-state index in [0.29, 0.717) is 27.0 Å². The number of ether oxygens (including phenoxy) is 1. The number of benzene rings is 2. The van der Waals surface area contributed by atoms with E-state index < -0.39 is 6.03 Å². The Balaban J connectivity index is 1.98. The van der Waals surface area contributed by atoms with Crippen LogP contribution in [0, 0.1) is 0 Å². The number of carbonyl (C=O) groups is 1. The first-order valence-electron chi connectivity index (χ1n) is 6.35. The maximum absolute atomic E-state index is 11.9. The average Bonchev–Trinajstić information content (AvgIpc) is 2.45. The van der Waals surface area contributed by atoms with E-state index in [9.17, 15) is 9.90 Å². The second-order valence-electron chi connectivity index (χ2n) is 4.43. The summed E-state index contributed by atoms with van der Waals surface area (Å²) in [6, 6.07) is 9.33. The Morgan fingerprint density at radius 2 is 1.91 bits per heavy atom. The smallest absolute Gasteiger partial charge is 0.319 e. The molecule has 0 atom stereocenters. The Morgan fingerprint density at radius 1 is 1.23 bits per heavy atom. The van der Waals surface area contributed by atoms with Crippen LogP contribution in [-0.2, 0) is 6.54 Å². The molecule has 2 aromatic rings. The number of methoxy groups -OCH3 is 1. The molecule has 0 heterocycles. The lowest BCUT2D eigenvalue weighted by atomic mass is 10.2. The second-order valence-corrected chi connectivity index (χ2v) is 5.31. The van der Waals surface area contributed by atoms with Gasteiger partial charge < -0.3 is 20.5 Å². The summed E-state index contributed by atoms with van der Waals surface area (Å²) in [7, 11) is 1.46. The number of hydrogen-bond acceptors (Lipinski definition) is 3. The number of nitrogens with one attached hydrogen (secondary N) is 2. The third-order valence-corrected chi connectivity index (χ3v) is 3.30. The molecule has 3 N–H and O–H groups in total. The van der Waals surface area contributed by atoms with Crippen LogP contribution in [0.1, 0.15) is 5.56 Å². The van der Waals surface area contributed by atoms with Crippen molar-refractivity contribution < 1.29 is 14.6 Å². The van der Waals surface area contributed by atoms with Crippen molar-refractivity contribution in [2.45, 2.75) is 6.54 Å². The molecule has 0 spiro atoms. The number of urea groups is 1. The Kier molecular flexibility index (Phi) is 5.35. The lowest BCUT2D eigenvalue weighted by molar-refractivity contribution is 0.251. The monoisotopic (exact) mass is 340 g/mol. The van der Waals surface area contributed by atoms with Gasteiger partial charge in [-0.05, 0) is 24.3 Å². The molecule has 0 bridgehead atoms. The minimum Gasteiger partial charge on any atom is -0.504 e. The van der Waals surface area contributed by atoms with Gasteiger partial charge in [0.2, 0.25) is 0 Å². The minimum absolute atomic E-state index is 0.00361. The van der Waals surface area contributed by atoms with E-state index in [4.69, 9.17) is 27.9 Å². The van der Waals surface area contributed by atoms with Crippen molar-refractivity contribution in [3.63, 3.8) is 0 Å². The van der Waals surface area contributed by atoms with E-state index in [0.717, 1.165) is 0 Å². The lowest BCUT2D eigenvalue weighted by Gasteiger charge is -2.11. The number of phenols is 1. The van der Waals surface area contributed by atoms with Crippen LogP contribution in [0.3, 0.4) is 0 Å². The van der Waals surface area contributed by atoms with Gasteiger partial charge in [-0.3, -0.25) is 0 Å².